The van der Waals surface area contributed by atoms with Crippen LogP contribution >= 0.6 is 0 Å². The standard InChI is InChI=1S/C13H25/c1-3-5-7-9-11-13-12-10-8-6-4-2/h3,6,8H,4-5,7,9-13H2,1-2H3/b8-6+. The largest absolute Gasteiger partial charge is 0.0888 e. The zero-order valence-corrected chi connectivity index (χ0v) is 9.39. The molecule has 0 aromatic carbocycles. The van der Waals surface area contributed by atoms with Crippen molar-refractivity contribution in [3.63, 3.8) is 0 Å². The fourth-order valence-corrected chi connectivity index (χ4v) is 1.43. The average molecular weight is 181 g/mol. The van der Waals surface area contributed by atoms with Crippen LogP contribution in [0.3, 0.4) is 0 Å². The summed E-state index contributed by atoms with van der Waals surface area (Å²) in [7, 11) is 0. The zero-order chi connectivity index (χ0) is 9.78. The molecule has 0 saturated heterocycles. The van der Waals surface area contributed by atoms with E-state index in [1.165, 1.54) is 51.4 Å². The summed E-state index contributed by atoms with van der Waals surface area (Å²) in [6, 6.07) is 0. The predicted molar refractivity (Wildman–Crippen MR) is 61.7 cm³/mol. The molecule has 0 atom stereocenters. The van der Waals surface area contributed by atoms with Crippen LogP contribution in [0.5, 0.6) is 0 Å². The van der Waals surface area contributed by atoms with Crippen molar-refractivity contribution in [3.8, 4) is 0 Å². The van der Waals surface area contributed by atoms with Crippen molar-refractivity contribution in [1.82, 2.24) is 0 Å². The molecule has 0 aromatic rings. The summed E-state index contributed by atoms with van der Waals surface area (Å²) < 4.78 is 0. The van der Waals surface area contributed by atoms with Gasteiger partial charge in [-0.15, -0.1) is 0 Å². The first-order chi connectivity index (χ1) is 6.41. The van der Waals surface area contributed by atoms with Crippen LogP contribution in [0, 0.1) is 6.42 Å². The number of hydrogen-bond acceptors (Lipinski definition) is 0. The second-order valence-corrected chi connectivity index (χ2v) is 3.63. The topological polar surface area (TPSA) is 0 Å². The molecule has 0 amide bonds. The predicted octanol–water partition coefficient (Wildman–Crippen LogP) is 4.91. The summed E-state index contributed by atoms with van der Waals surface area (Å²) in [4.78, 5) is 0. The van der Waals surface area contributed by atoms with Gasteiger partial charge in [0.15, 0.2) is 0 Å². The van der Waals surface area contributed by atoms with Crippen LogP contribution in [0.15, 0.2) is 12.2 Å². The minimum atomic E-state index is 1.19. The van der Waals surface area contributed by atoms with Gasteiger partial charge in [-0.3, -0.25) is 0 Å². The Morgan fingerprint density at radius 2 is 1.38 bits per heavy atom. The van der Waals surface area contributed by atoms with Gasteiger partial charge in [-0.2, -0.15) is 0 Å². The molecule has 0 aliphatic heterocycles. The van der Waals surface area contributed by atoms with Gasteiger partial charge in [-0.05, 0) is 25.7 Å². The summed E-state index contributed by atoms with van der Waals surface area (Å²) in [5, 5.41) is 0. The van der Waals surface area contributed by atoms with E-state index in [1.54, 1.807) is 0 Å². The van der Waals surface area contributed by atoms with Crippen molar-refractivity contribution in [1.29, 1.82) is 0 Å². The summed E-state index contributed by atoms with van der Waals surface area (Å²) in [5.41, 5.74) is 0. The maximum atomic E-state index is 2.32. The Bertz CT molecular complexity index is 103. The molecule has 0 spiro atoms. The highest BCUT2D eigenvalue weighted by Gasteiger charge is 1.88. The summed E-state index contributed by atoms with van der Waals surface area (Å²) in [5.74, 6) is 0. The Kier molecular flexibility index (Phi) is 11.5. The van der Waals surface area contributed by atoms with Gasteiger partial charge < -0.3 is 0 Å². The number of allylic oxidation sites excluding steroid dienone is 2. The van der Waals surface area contributed by atoms with E-state index in [1.807, 2.05) is 0 Å². The average Bonchev–Trinajstić information content (AvgIpc) is 2.16. The highest BCUT2D eigenvalue weighted by molar-refractivity contribution is 4.79. The second-order valence-electron chi connectivity index (χ2n) is 3.63. The molecule has 0 aliphatic rings. The molecule has 0 nitrogen and oxygen atoms in total. The van der Waals surface area contributed by atoms with Gasteiger partial charge in [-0.25, -0.2) is 0 Å². The summed E-state index contributed by atoms with van der Waals surface area (Å²) in [6.07, 6.45) is 17.7. The minimum absolute atomic E-state index is 1.19. The molecule has 0 heterocycles. The molecule has 0 rings (SSSR count). The molecule has 1 radical (unpaired) electrons. The van der Waals surface area contributed by atoms with Crippen molar-refractivity contribution in [2.75, 3.05) is 0 Å². The van der Waals surface area contributed by atoms with Crippen LogP contribution in [0.1, 0.15) is 65.2 Å². The quantitative estimate of drug-likeness (QED) is 0.350. The Balaban J connectivity index is 2.87. The third-order valence-corrected chi connectivity index (χ3v) is 2.27. The molecule has 0 heteroatoms. The van der Waals surface area contributed by atoms with E-state index in [-0.39, 0.29) is 0 Å². The number of unbranched alkanes of at least 4 members (excludes halogenated alkanes) is 7. The van der Waals surface area contributed by atoms with Gasteiger partial charge in [0.2, 0.25) is 0 Å². The molecular weight excluding hydrogens is 156 g/mol. The molecule has 0 saturated carbocycles. The fraction of sp³-hybridized carbons (Fsp3) is 0.769. The van der Waals surface area contributed by atoms with Crippen LogP contribution in [0.25, 0.3) is 0 Å². The van der Waals surface area contributed by atoms with Gasteiger partial charge in [-0.1, -0.05) is 58.1 Å². The third-order valence-electron chi connectivity index (χ3n) is 2.27. The molecule has 0 aliphatic carbocycles. The van der Waals surface area contributed by atoms with E-state index < -0.39 is 0 Å². The van der Waals surface area contributed by atoms with Gasteiger partial charge >= 0.3 is 0 Å². The van der Waals surface area contributed by atoms with Crippen LogP contribution in [0.2, 0.25) is 0 Å². The van der Waals surface area contributed by atoms with Crippen molar-refractivity contribution in [2.45, 2.75) is 65.2 Å². The van der Waals surface area contributed by atoms with Crippen LogP contribution in [0.4, 0.5) is 0 Å². The first-order valence-electron chi connectivity index (χ1n) is 5.84. The molecule has 0 unspecified atom stereocenters. The Labute approximate surface area is 84.4 Å². The lowest BCUT2D eigenvalue weighted by molar-refractivity contribution is 0.615. The first kappa shape index (κ1) is 12.7. The van der Waals surface area contributed by atoms with E-state index >= 15 is 0 Å². The molecule has 0 aromatic heterocycles. The van der Waals surface area contributed by atoms with Gasteiger partial charge in [0.25, 0.3) is 0 Å². The first-order valence-corrected chi connectivity index (χ1v) is 5.84. The fourth-order valence-electron chi connectivity index (χ4n) is 1.43. The lowest BCUT2D eigenvalue weighted by atomic mass is 10.1. The molecular formula is C13H25. The normalized spacial score (nSPS) is 11.2. The van der Waals surface area contributed by atoms with E-state index in [2.05, 4.69) is 32.4 Å². The van der Waals surface area contributed by atoms with Gasteiger partial charge in [0.1, 0.15) is 0 Å². The Morgan fingerprint density at radius 3 is 2.00 bits per heavy atom. The van der Waals surface area contributed by atoms with Crippen LogP contribution < -0.4 is 0 Å². The smallest absolute Gasteiger partial charge is 0.0351 e. The molecule has 0 N–H and O–H groups in total. The van der Waals surface area contributed by atoms with Gasteiger partial charge in [0, 0.05) is 0 Å². The molecule has 77 valence electrons. The van der Waals surface area contributed by atoms with E-state index in [4.69, 9.17) is 0 Å². The number of rotatable bonds is 9. The van der Waals surface area contributed by atoms with E-state index in [0.29, 0.717) is 0 Å². The van der Waals surface area contributed by atoms with Gasteiger partial charge in [0.05, 0.1) is 0 Å². The lowest BCUT2D eigenvalue weighted by Crippen LogP contribution is -1.79. The maximum absolute atomic E-state index is 2.32. The molecule has 13 heavy (non-hydrogen) atoms. The maximum Gasteiger partial charge on any atom is -0.0351 e. The molecule has 0 bridgehead atoms. The zero-order valence-electron chi connectivity index (χ0n) is 9.39. The molecule has 0 fully saturated rings. The van der Waals surface area contributed by atoms with Crippen molar-refractivity contribution >= 4 is 0 Å². The van der Waals surface area contributed by atoms with E-state index in [0.717, 1.165) is 0 Å². The van der Waals surface area contributed by atoms with E-state index in [9.17, 15) is 0 Å². The Morgan fingerprint density at radius 1 is 0.769 bits per heavy atom. The number of hydrogen-bond donors (Lipinski definition) is 0. The summed E-state index contributed by atoms with van der Waals surface area (Å²) in [6.45, 7) is 4.34. The highest BCUT2D eigenvalue weighted by atomic mass is 13.9. The van der Waals surface area contributed by atoms with Crippen molar-refractivity contribution in [2.24, 2.45) is 0 Å². The van der Waals surface area contributed by atoms with Crippen LogP contribution in [-0.4, -0.2) is 0 Å². The van der Waals surface area contributed by atoms with Crippen molar-refractivity contribution in [3.05, 3.63) is 18.6 Å². The third kappa shape index (κ3) is 11.7. The van der Waals surface area contributed by atoms with Crippen molar-refractivity contribution < 1.29 is 0 Å². The highest BCUT2D eigenvalue weighted by Crippen LogP contribution is 2.08. The second kappa shape index (κ2) is 11.7. The van der Waals surface area contributed by atoms with Crippen LogP contribution in [-0.2, 0) is 0 Å². The lowest BCUT2D eigenvalue weighted by Gasteiger charge is -1.98. The summed E-state index contributed by atoms with van der Waals surface area (Å²) >= 11 is 0. The SMILES string of the molecule is C[CH]CCCCCCC/C=C/CC. The Hall–Kier alpha value is -0.260. The minimum Gasteiger partial charge on any atom is -0.0888 e. The monoisotopic (exact) mass is 181 g/mol.